The number of nitriles is 1. The fourth-order valence-corrected chi connectivity index (χ4v) is 2.38. The molecule has 1 aromatic rings. The lowest BCUT2D eigenvalue weighted by Crippen LogP contribution is -2.47. The summed E-state index contributed by atoms with van der Waals surface area (Å²) in [5.74, 6) is 0.932. The first kappa shape index (κ1) is 12.8. The van der Waals surface area contributed by atoms with Gasteiger partial charge in [-0.3, -0.25) is 0 Å². The number of nitrogens with zero attached hydrogens (tertiary/aromatic N) is 2. The molecule has 0 aliphatic carbocycles. The topological polar surface area (TPSA) is 36.3 Å². The van der Waals surface area contributed by atoms with Crippen LogP contribution in [-0.4, -0.2) is 18.7 Å². The number of aryl methyl sites for hydroxylation is 1. The molecule has 3 nitrogen and oxygen atoms in total. The monoisotopic (exact) mass is 244 g/mol. The molecule has 1 aromatic carbocycles. The molecule has 0 aromatic heterocycles. The quantitative estimate of drug-likeness (QED) is 0.819. The molecular formula is C15H20N2O. The van der Waals surface area contributed by atoms with Crippen molar-refractivity contribution in [3.63, 3.8) is 0 Å². The van der Waals surface area contributed by atoms with E-state index < -0.39 is 0 Å². The number of ether oxygens (including phenoxy) is 1. The van der Waals surface area contributed by atoms with Gasteiger partial charge in [-0.15, -0.1) is 0 Å². The van der Waals surface area contributed by atoms with Crippen LogP contribution in [0.25, 0.3) is 0 Å². The predicted molar refractivity (Wildman–Crippen MR) is 73.0 cm³/mol. The SMILES string of the molecule is CCc1ccc2c(c1)N(CCC#N)CC(C)(C)O2. The van der Waals surface area contributed by atoms with E-state index in [0.717, 1.165) is 30.9 Å². The third-order valence-corrected chi connectivity index (χ3v) is 3.22. The maximum Gasteiger partial charge on any atom is 0.143 e. The average molecular weight is 244 g/mol. The summed E-state index contributed by atoms with van der Waals surface area (Å²) in [6, 6.07) is 8.57. The highest BCUT2D eigenvalue weighted by molar-refractivity contribution is 5.62. The number of anilines is 1. The lowest BCUT2D eigenvalue weighted by atomic mass is 10.0. The molecule has 18 heavy (non-hydrogen) atoms. The lowest BCUT2D eigenvalue weighted by Gasteiger charge is -2.41. The minimum Gasteiger partial charge on any atom is -0.484 e. The fraction of sp³-hybridized carbons (Fsp3) is 0.533. The van der Waals surface area contributed by atoms with Crippen molar-refractivity contribution in [2.75, 3.05) is 18.0 Å². The van der Waals surface area contributed by atoms with Gasteiger partial charge in [0.05, 0.1) is 24.7 Å². The molecule has 3 heteroatoms. The van der Waals surface area contributed by atoms with Crippen LogP contribution >= 0.6 is 0 Å². The van der Waals surface area contributed by atoms with Gasteiger partial charge in [-0.2, -0.15) is 5.26 Å². The van der Waals surface area contributed by atoms with Crippen LogP contribution in [0.15, 0.2) is 18.2 Å². The normalized spacial score (nSPS) is 16.7. The highest BCUT2D eigenvalue weighted by Gasteiger charge is 2.31. The van der Waals surface area contributed by atoms with Gasteiger partial charge in [-0.25, -0.2) is 0 Å². The third kappa shape index (κ3) is 2.59. The van der Waals surface area contributed by atoms with Crippen molar-refractivity contribution < 1.29 is 4.74 Å². The van der Waals surface area contributed by atoms with E-state index in [4.69, 9.17) is 10.00 Å². The van der Waals surface area contributed by atoms with Gasteiger partial charge in [0.2, 0.25) is 0 Å². The second-order valence-corrected chi connectivity index (χ2v) is 5.35. The summed E-state index contributed by atoms with van der Waals surface area (Å²) in [4.78, 5) is 2.27. The van der Waals surface area contributed by atoms with Crippen molar-refractivity contribution in [2.24, 2.45) is 0 Å². The van der Waals surface area contributed by atoms with Gasteiger partial charge in [0, 0.05) is 6.54 Å². The Morgan fingerprint density at radius 2 is 2.22 bits per heavy atom. The van der Waals surface area contributed by atoms with Crippen molar-refractivity contribution in [3.05, 3.63) is 23.8 Å². The molecule has 0 atom stereocenters. The van der Waals surface area contributed by atoms with Crippen LogP contribution in [0.2, 0.25) is 0 Å². The Hall–Kier alpha value is -1.69. The molecule has 2 rings (SSSR count). The van der Waals surface area contributed by atoms with E-state index in [1.165, 1.54) is 5.56 Å². The summed E-state index contributed by atoms with van der Waals surface area (Å²) in [5.41, 5.74) is 2.24. The highest BCUT2D eigenvalue weighted by Crippen LogP contribution is 2.37. The Morgan fingerprint density at radius 3 is 2.89 bits per heavy atom. The molecule has 0 bridgehead atoms. The minimum absolute atomic E-state index is 0.198. The molecule has 0 unspecified atom stereocenters. The molecule has 96 valence electrons. The Labute approximate surface area is 109 Å². The van der Waals surface area contributed by atoms with Crippen LogP contribution in [-0.2, 0) is 6.42 Å². The van der Waals surface area contributed by atoms with Crippen molar-refractivity contribution in [1.82, 2.24) is 0 Å². The van der Waals surface area contributed by atoms with Crippen molar-refractivity contribution in [1.29, 1.82) is 5.26 Å². The standard InChI is InChI=1S/C15H20N2O/c1-4-12-6-7-14-13(10-12)17(9-5-8-16)11-15(2,3)18-14/h6-7,10H,4-5,9,11H2,1-3H3. The number of benzene rings is 1. The van der Waals surface area contributed by atoms with Crippen LogP contribution < -0.4 is 9.64 Å². The maximum atomic E-state index is 8.77. The molecule has 0 radical (unpaired) electrons. The Morgan fingerprint density at radius 1 is 1.44 bits per heavy atom. The zero-order valence-corrected chi connectivity index (χ0v) is 11.4. The van der Waals surface area contributed by atoms with E-state index in [1.54, 1.807) is 0 Å². The average Bonchev–Trinajstić information content (AvgIpc) is 2.34. The summed E-state index contributed by atoms with van der Waals surface area (Å²) < 4.78 is 6.00. The number of hydrogen-bond donors (Lipinski definition) is 0. The summed E-state index contributed by atoms with van der Waals surface area (Å²) in [5, 5.41) is 8.77. The van der Waals surface area contributed by atoms with Gasteiger partial charge in [0.15, 0.2) is 0 Å². The summed E-state index contributed by atoms with van der Waals surface area (Å²) >= 11 is 0. The summed E-state index contributed by atoms with van der Waals surface area (Å²) in [6.07, 6.45) is 1.56. The minimum atomic E-state index is -0.198. The molecule has 0 saturated carbocycles. The molecule has 0 spiro atoms. The fourth-order valence-electron chi connectivity index (χ4n) is 2.38. The smallest absolute Gasteiger partial charge is 0.143 e. The second-order valence-electron chi connectivity index (χ2n) is 5.35. The van der Waals surface area contributed by atoms with Crippen molar-refractivity contribution in [3.8, 4) is 11.8 Å². The number of fused-ring (bicyclic) bond motifs is 1. The van der Waals surface area contributed by atoms with Crippen LogP contribution in [0.1, 0.15) is 32.8 Å². The van der Waals surface area contributed by atoms with Gasteiger partial charge in [-0.1, -0.05) is 13.0 Å². The molecule has 1 aliphatic rings. The molecule has 1 heterocycles. The van der Waals surface area contributed by atoms with E-state index in [0.29, 0.717) is 6.42 Å². The van der Waals surface area contributed by atoms with Gasteiger partial charge < -0.3 is 9.64 Å². The molecule has 0 amide bonds. The molecule has 0 N–H and O–H groups in total. The Kier molecular flexibility index (Phi) is 3.47. The maximum absolute atomic E-state index is 8.77. The molecule has 0 fully saturated rings. The van der Waals surface area contributed by atoms with E-state index >= 15 is 0 Å². The molecule has 0 saturated heterocycles. The van der Waals surface area contributed by atoms with E-state index in [9.17, 15) is 0 Å². The zero-order chi connectivity index (χ0) is 13.2. The first-order valence-corrected chi connectivity index (χ1v) is 6.49. The zero-order valence-electron chi connectivity index (χ0n) is 11.4. The van der Waals surface area contributed by atoms with Crippen LogP contribution in [0.4, 0.5) is 5.69 Å². The van der Waals surface area contributed by atoms with Gasteiger partial charge in [0.1, 0.15) is 11.4 Å². The van der Waals surface area contributed by atoms with Crippen LogP contribution in [0.3, 0.4) is 0 Å². The van der Waals surface area contributed by atoms with Gasteiger partial charge in [-0.05, 0) is 38.0 Å². The van der Waals surface area contributed by atoms with E-state index in [1.807, 2.05) is 0 Å². The van der Waals surface area contributed by atoms with Gasteiger partial charge >= 0.3 is 0 Å². The van der Waals surface area contributed by atoms with Gasteiger partial charge in [0.25, 0.3) is 0 Å². The molecular weight excluding hydrogens is 224 g/mol. The number of rotatable bonds is 3. The number of hydrogen-bond acceptors (Lipinski definition) is 3. The van der Waals surface area contributed by atoms with E-state index in [2.05, 4.69) is 49.9 Å². The predicted octanol–water partition coefficient (Wildman–Crippen LogP) is 3.14. The first-order chi connectivity index (χ1) is 8.55. The van der Waals surface area contributed by atoms with Crippen molar-refractivity contribution >= 4 is 5.69 Å². The van der Waals surface area contributed by atoms with E-state index in [-0.39, 0.29) is 5.60 Å². The summed E-state index contributed by atoms with van der Waals surface area (Å²) in [6.45, 7) is 7.92. The summed E-state index contributed by atoms with van der Waals surface area (Å²) in [7, 11) is 0. The largest absolute Gasteiger partial charge is 0.484 e. The van der Waals surface area contributed by atoms with Crippen LogP contribution in [0.5, 0.6) is 5.75 Å². The Bertz CT molecular complexity index is 474. The lowest BCUT2D eigenvalue weighted by molar-refractivity contribution is 0.105. The second kappa shape index (κ2) is 4.89. The van der Waals surface area contributed by atoms with Crippen LogP contribution in [0, 0.1) is 11.3 Å². The first-order valence-electron chi connectivity index (χ1n) is 6.49. The highest BCUT2D eigenvalue weighted by atomic mass is 16.5. The van der Waals surface area contributed by atoms with Crippen molar-refractivity contribution in [2.45, 2.75) is 39.2 Å². The molecule has 1 aliphatic heterocycles. The Balaban J connectivity index is 2.35. The third-order valence-electron chi connectivity index (χ3n) is 3.22.